The van der Waals surface area contributed by atoms with Gasteiger partial charge in [-0.25, -0.2) is 0 Å². The first-order valence-corrected chi connectivity index (χ1v) is 5.76. The van der Waals surface area contributed by atoms with Crippen molar-refractivity contribution in [2.45, 2.75) is 13.0 Å². The molecule has 1 amide bonds. The SMILES string of the molecule is CNC(=O)c1cc(Cl)c(C)cc1OCC1CO1. The fraction of sp³-hybridized carbons (Fsp3) is 0.417. The molecule has 1 aliphatic heterocycles. The lowest BCUT2D eigenvalue weighted by Crippen LogP contribution is -2.19. The quantitative estimate of drug-likeness (QED) is 0.835. The molecular weight excluding hydrogens is 242 g/mol. The zero-order valence-corrected chi connectivity index (χ0v) is 10.5. The van der Waals surface area contributed by atoms with E-state index in [0.717, 1.165) is 12.2 Å². The molecule has 2 rings (SSSR count). The van der Waals surface area contributed by atoms with Crippen LogP contribution in [0.5, 0.6) is 5.75 Å². The summed E-state index contributed by atoms with van der Waals surface area (Å²) in [4.78, 5) is 11.7. The van der Waals surface area contributed by atoms with Crippen LogP contribution in [-0.2, 0) is 4.74 Å². The number of aryl methyl sites for hydroxylation is 1. The summed E-state index contributed by atoms with van der Waals surface area (Å²) in [7, 11) is 1.57. The average molecular weight is 256 g/mol. The minimum absolute atomic E-state index is 0.156. The maximum atomic E-state index is 11.7. The highest BCUT2D eigenvalue weighted by Gasteiger charge is 2.24. The second-order valence-electron chi connectivity index (χ2n) is 3.94. The van der Waals surface area contributed by atoms with Crippen molar-refractivity contribution in [1.29, 1.82) is 0 Å². The van der Waals surface area contributed by atoms with Crippen molar-refractivity contribution in [3.8, 4) is 5.75 Å². The number of amides is 1. The number of ether oxygens (including phenoxy) is 2. The van der Waals surface area contributed by atoms with Crippen LogP contribution in [0, 0.1) is 6.92 Å². The second kappa shape index (κ2) is 4.94. The van der Waals surface area contributed by atoms with E-state index in [-0.39, 0.29) is 12.0 Å². The van der Waals surface area contributed by atoms with Gasteiger partial charge in [0.15, 0.2) is 0 Å². The van der Waals surface area contributed by atoms with Crippen molar-refractivity contribution >= 4 is 17.5 Å². The number of carbonyl (C=O) groups is 1. The largest absolute Gasteiger partial charge is 0.490 e. The topological polar surface area (TPSA) is 50.9 Å². The molecule has 0 saturated carbocycles. The maximum Gasteiger partial charge on any atom is 0.254 e. The van der Waals surface area contributed by atoms with Crippen molar-refractivity contribution in [3.63, 3.8) is 0 Å². The molecule has 1 atom stereocenters. The number of carbonyl (C=O) groups excluding carboxylic acids is 1. The molecule has 0 aliphatic carbocycles. The monoisotopic (exact) mass is 255 g/mol. The predicted molar refractivity (Wildman–Crippen MR) is 64.8 cm³/mol. The normalized spacial score (nSPS) is 17.7. The third-order valence-electron chi connectivity index (χ3n) is 2.56. The highest BCUT2D eigenvalue weighted by atomic mass is 35.5. The third-order valence-corrected chi connectivity index (χ3v) is 2.97. The Morgan fingerprint density at radius 2 is 2.35 bits per heavy atom. The summed E-state index contributed by atoms with van der Waals surface area (Å²) in [6, 6.07) is 3.40. The fourth-order valence-electron chi connectivity index (χ4n) is 1.43. The third kappa shape index (κ3) is 2.90. The summed E-state index contributed by atoms with van der Waals surface area (Å²) in [5.74, 6) is 0.334. The van der Waals surface area contributed by atoms with E-state index in [2.05, 4.69) is 5.32 Å². The molecule has 1 aliphatic rings. The lowest BCUT2D eigenvalue weighted by atomic mass is 10.1. The zero-order valence-electron chi connectivity index (χ0n) is 9.75. The van der Waals surface area contributed by atoms with Crippen LogP contribution in [0.1, 0.15) is 15.9 Å². The van der Waals surface area contributed by atoms with Crippen LogP contribution in [0.2, 0.25) is 5.02 Å². The van der Waals surface area contributed by atoms with Gasteiger partial charge in [0.05, 0.1) is 12.2 Å². The molecule has 4 nitrogen and oxygen atoms in total. The molecule has 5 heteroatoms. The van der Waals surface area contributed by atoms with Gasteiger partial charge in [-0.15, -0.1) is 0 Å². The van der Waals surface area contributed by atoms with Gasteiger partial charge in [0, 0.05) is 12.1 Å². The number of epoxide rings is 1. The Labute approximate surface area is 105 Å². The molecule has 92 valence electrons. The van der Waals surface area contributed by atoms with Crippen LogP contribution >= 0.6 is 11.6 Å². The molecule has 1 fully saturated rings. The molecule has 1 heterocycles. The number of nitrogens with one attached hydrogen (secondary N) is 1. The molecule has 0 spiro atoms. The van der Waals surface area contributed by atoms with Crippen molar-refractivity contribution in [2.24, 2.45) is 0 Å². The van der Waals surface area contributed by atoms with Gasteiger partial charge in [0.25, 0.3) is 5.91 Å². The number of benzene rings is 1. The van der Waals surface area contributed by atoms with Crippen LogP contribution in [0.4, 0.5) is 0 Å². The van der Waals surface area contributed by atoms with Gasteiger partial charge in [-0.05, 0) is 24.6 Å². The lowest BCUT2D eigenvalue weighted by molar-refractivity contribution is 0.0958. The highest BCUT2D eigenvalue weighted by Crippen LogP contribution is 2.27. The van der Waals surface area contributed by atoms with Gasteiger partial charge >= 0.3 is 0 Å². The summed E-state index contributed by atoms with van der Waals surface area (Å²) in [5, 5.41) is 3.12. The Bertz CT molecular complexity index is 444. The molecule has 17 heavy (non-hydrogen) atoms. The molecule has 1 N–H and O–H groups in total. The number of rotatable bonds is 4. The van der Waals surface area contributed by atoms with Gasteiger partial charge in [-0.3, -0.25) is 4.79 Å². The van der Waals surface area contributed by atoms with Gasteiger partial charge in [0.2, 0.25) is 0 Å². The molecule has 1 unspecified atom stereocenters. The van der Waals surface area contributed by atoms with E-state index < -0.39 is 0 Å². The maximum absolute atomic E-state index is 11.7. The molecule has 1 aromatic rings. The standard InChI is InChI=1S/C12H14ClNO3/c1-7-3-11(17-6-8-5-16-8)9(4-10(7)13)12(15)14-2/h3-4,8H,5-6H2,1-2H3,(H,14,15). The molecular formula is C12H14ClNO3. The van der Waals surface area contributed by atoms with Gasteiger partial charge in [0.1, 0.15) is 18.5 Å². The summed E-state index contributed by atoms with van der Waals surface area (Å²) in [6.07, 6.45) is 0.156. The molecule has 1 saturated heterocycles. The van der Waals surface area contributed by atoms with Crippen molar-refractivity contribution in [3.05, 3.63) is 28.3 Å². The smallest absolute Gasteiger partial charge is 0.254 e. The van der Waals surface area contributed by atoms with Crippen molar-refractivity contribution in [2.75, 3.05) is 20.3 Å². The van der Waals surface area contributed by atoms with E-state index in [1.807, 2.05) is 6.92 Å². The van der Waals surface area contributed by atoms with Crippen LogP contribution in [0.3, 0.4) is 0 Å². The first-order chi connectivity index (χ1) is 8.11. The number of hydrogen-bond donors (Lipinski definition) is 1. The van der Waals surface area contributed by atoms with Crippen LogP contribution < -0.4 is 10.1 Å². The van der Waals surface area contributed by atoms with Gasteiger partial charge < -0.3 is 14.8 Å². The first kappa shape index (κ1) is 12.2. The van der Waals surface area contributed by atoms with Gasteiger partial charge in [-0.2, -0.15) is 0 Å². The fourth-order valence-corrected chi connectivity index (χ4v) is 1.60. The highest BCUT2D eigenvalue weighted by molar-refractivity contribution is 6.31. The summed E-state index contributed by atoms with van der Waals surface area (Å²) < 4.78 is 10.6. The predicted octanol–water partition coefficient (Wildman–Crippen LogP) is 1.79. The summed E-state index contributed by atoms with van der Waals surface area (Å²) in [5.41, 5.74) is 1.33. The van der Waals surface area contributed by atoms with E-state index in [1.54, 1.807) is 19.2 Å². The Morgan fingerprint density at radius 3 is 2.94 bits per heavy atom. The van der Waals surface area contributed by atoms with Crippen LogP contribution in [0.25, 0.3) is 0 Å². The van der Waals surface area contributed by atoms with E-state index in [4.69, 9.17) is 21.1 Å². The van der Waals surface area contributed by atoms with Gasteiger partial charge in [-0.1, -0.05) is 11.6 Å². The second-order valence-corrected chi connectivity index (χ2v) is 4.35. The number of hydrogen-bond acceptors (Lipinski definition) is 3. The lowest BCUT2D eigenvalue weighted by Gasteiger charge is -2.11. The Kier molecular flexibility index (Phi) is 3.54. The number of halogens is 1. The van der Waals surface area contributed by atoms with Crippen LogP contribution in [-0.4, -0.2) is 32.3 Å². The van der Waals surface area contributed by atoms with E-state index in [9.17, 15) is 4.79 Å². The average Bonchev–Trinajstić information content (AvgIpc) is 3.13. The zero-order chi connectivity index (χ0) is 12.4. The Morgan fingerprint density at radius 1 is 1.65 bits per heavy atom. The molecule has 0 radical (unpaired) electrons. The molecule has 1 aromatic carbocycles. The summed E-state index contributed by atoms with van der Waals surface area (Å²) in [6.45, 7) is 3.06. The minimum Gasteiger partial charge on any atom is -0.490 e. The summed E-state index contributed by atoms with van der Waals surface area (Å²) >= 11 is 6.00. The Balaban J connectivity index is 2.25. The van der Waals surface area contributed by atoms with Crippen molar-refractivity contribution < 1.29 is 14.3 Å². The van der Waals surface area contributed by atoms with E-state index in [0.29, 0.717) is 22.9 Å². The van der Waals surface area contributed by atoms with Crippen LogP contribution in [0.15, 0.2) is 12.1 Å². The molecule has 0 bridgehead atoms. The van der Waals surface area contributed by atoms with E-state index in [1.165, 1.54) is 0 Å². The van der Waals surface area contributed by atoms with E-state index >= 15 is 0 Å². The first-order valence-electron chi connectivity index (χ1n) is 5.38. The minimum atomic E-state index is -0.210. The van der Waals surface area contributed by atoms with Crippen molar-refractivity contribution in [1.82, 2.24) is 5.32 Å². The Hall–Kier alpha value is -1.26. The molecule has 0 aromatic heterocycles.